The molecule has 6 aromatic rings. The molecule has 0 aliphatic heterocycles. The van der Waals surface area contributed by atoms with Gasteiger partial charge in [0.2, 0.25) is 0 Å². The van der Waals surface area contributed by atoms with E-state index in [0.717, 1.165) is 41.1 Å². The summed E-state index contributed by atoms with van der Waals surface area (Å²) in [6.45, 7) is 3.05. The Morgan fingerprint density at radius 1 is 0.444 bits per heavy atom. The highest BCUT2D eigenvalue weighted by molar-refractivity contribution is 7.85. The van der Waals surface area contributed by atoms with Crippen LogP contribution in [0, 0.1) is 0 Å². The summed E-state index contributed by atoms with van der Waals surface area (Å²) >= 11 is 0. The van der Waals surface area contributed by atoms with Crippen molar-refractivity contribution in [3.63, 3.8) is 0 Å². The van der Waals surface area contributed by atoms with E-state index in [0.29, 0.717) is 6.54 Å². The average Bonchev–Trinajstić information content (AvgIpc) is 3.12. The monoisotopic (exact) mass is 624 g/mol. The molecular weight excluding hydrogens is 586 g/mol. The maximum absolute atomic E-state index is 15.0. The Kier molecular flexibility index (Phi) is 10.5. The topological polar surface area (TPSA) is 41.1 Å². The van der Waals surface area contributed by atoms with Crippen molar-refractivity contribution in [3.8, 4) is 0 Å². The van der Waals surface area contributed by atoms with Crippen molar-refractivity contribution in [3.05, 3.63) is 181 Å². The Hall–Kier alpha value is -4.10. The van der Waals surface area contributed by atoms with E-state index < -0.39 is 15.1 Å². The van der Waals surface area contributed by atoms with E-state index in [1.54, 1.807) is 0 Å². The molecule has 5 heteroatoms. The Morgan fingerprint density at radius 3 is 1.38 bits per heavy atom. The molecular formula is C40H38N2OP2. The lowest BCUT2D eigenvalue weighted by molar-refractivity contribution is 0.591. The van der Waals surface area contributed by atoms with Crippen LogP contribution in [0.3, 0.4) is 0 Å². The van der Waals surface area contributed by atoms with Crippen LogP contribution in [0.25, 0.3) is 0 Å². The zero-order valence-electron chi connectivity index (χ0n) is 25.3. The van der Waals surface area contributed by atoms with Crippen molar-refractivity contribution in [2.45, 2.75) is 13.1 Å². The van der Waals surface area contributed by atoms with Crippen molar-refractivity contribution < 1.29 is 4.57 Å². The Bertz CT molecular complexity index is 1750. The van der Waals surface area contributed by atoms with Gasteiger partial charge in [-0.1, -0.05) is 170 Å². The van der Waals surface area contributed by atoms with Gasteiger partial charge in [0.25, 0.3) is 0 Å². The van der Waals surface area contributed by atoms with Crippen LogP contribution in [0.1, 0.15) is 11.1 Å². The quantitative estimate of drug-likeness (QED) is 0.123. The molecule has 0 heterocycles. The third-order valence-electron chi connectivity index (χ3n) is 7.94. The molecule has 0 aromatic heterocycles. The second kappa shape index (κ2) is 15.3. The molecule has 0 aliphatic rings. The highest BCUT2D eigenvalue weighted by atomic mass is 31.2. The molecule has 45 heavy (non-hydrogen) atoms. The summed E-state index contributed by atoms with van der Waals surface area (Å²) in [5, 5.41) is 14.0. The molecule has 0 radical (unpaired) electrons. The zero-order valence-corrected chi connectivity index (χ0v) is 27.1. The molecule has 224 valence electrons. The first-order chi connectivity index (χ1) is 22.2. The van der Waals surface area contributed by atoms with E-state index in [2.05, 4.69) is 102 Å². The third-order valence-corrected chi connectivity index (χ3v) is 13.7. The molecule has 0 saturated heterocycles. The van der Waals surface area contributed by atoms with Gasteiger partial charge in [0.05, 0.1) is 0 Å². The summed E-state index contributed by atoms with van der Waals surface area (Å²) in [7, 11) is -3.70. The van der Waals surface area contributed by atoms with Gasteiger partial charge in [-0.3, -0.25) is 0 Å². The van der Waals surface area contributed by atoms with Gasteiger partial charge in [-0.2, -0.15) is 0 Å². The van der Waals surface area contributed by atoms with Gasteiger partial charge >= 0.3 is 0 Å². The third kappa shape index (κ3) is 7.25. The molecule has 0 fully saturated rings. The fraction of sp³-hybridized carbons (Fsp3) is 0.100. The molecule has 0 saturated carbocycles. The smallest absolute Gasteiger partial charge is 0.171 e. The minimum atomic E-state index is -3.04. The van der Waals surface area contributed by atoms with E-state index in [1.165, 1.54) is 21.5 Å². The van der Waals surface area contributed by atoms with Crippen LogP contribution in [-0.4, -0.2) is 13.1 Å². The van der Waals surface area contributed by atoms with Crippen LogP contribution in [0.2, 0.25) is 0 Å². The van der Waals surface area contributed by atoms with Crippen LogP contribution < -0.4 is 42.5 Å². The fourth-order valence-electron chi connectivity index (χ4n) is 5.75. The van der Waals surface area contributed by atoms with E-state index in [9.17, 15) is 4.57 Å². The molecule has 0 aliphatic carbocycles. The maximum Gasteiger partial charge on any atom is 0.171 e. The van der Waals surface area contributed by atoms with E-state index in [4.69, 9.17) is 0 Å². The summed E-state index contributed by atoms with van der Waals surface area (Å²) in [4.78, 5) is 0. The van der Waals surface area contributed by atoms with Gasteiger partial charge < -0.3 is 15.2 Å². The number of rotatable bonds is 13. The largest absolute Gasteiger partial charge is 0.311 e. The molecule has 0 bridgehead atoms. The lowest BCUT2D eigenvalue weighted by atomic mass is 10.2. The van der Waals surface area contributed by atoms with Crippen molar-refractivity contribution in [2.75, 3.05) is 13.1 Å². The zero-order chi connectivity index (χ0) is 30.7. The maximum atomic E-state index is 15.0. The lowest BCUT2D eigenvalue weighted by Gasteiger charge is -2.23. The minimum Gasteiger partial charge on any atom is -0.311 e. The summed E-state index contributed by atoms with van der Waals surface area (Å²) < 4.78 is 15.0. The van der Waals surface area contributed by atoms with Crippen molar-refractivity contribution in [2.24, 2.45) is 0 Å². The van der Waals surface area contributed by atoms with E-state index >= 15 is 0 Å². The number of hydrogen-bond acceptors (Lipinski definition) is 3. The number of nitrogens with one attached hydrogen (secondary N) is 2. The number of benzene rings is 6. The molecule has 0 atom stereocenters. The highest BCUT2D eigenvalue weighted by Gasteiger charge is 2.31. The predicted molar refractivity (Wildman–Crippen MR) is 194 cm³/mol. The minimum absolute atomic E-state index is 0.644. The molecule has 6 rings (SSSR count). The SMILES string of the molecule is O=P(c1ccccc1)(c1ccccc1)c1ccccc1CNCCNCc1ccccc1P(c1ccccc1)c1ccccc1. The van der Waals surface area contributed by atoms with Crippen LogP contribution in [0.5, 0.6) is 0 Å². The number of hydrogen-bond donors (Lipinski definition) is 2. The highest BCUT2D eigenvalue weighted by Crippen LogP contribution is 2.43. The Balaban J connectivity index is 1.14. The first kappa shape index (κ1) is 30.9. The lowest BCUT2D eigenvalue weighted by Crippen LogP contribution is -2.32. The van der Waals surface area contributed by atoms with E-state index in [1.807, 2.05) is 78.9 Å². The normalized spacial score (nSPS) is 11.5. The summed E-state index contributed by atoms with van der Waals surface area (Å²) in [5.41, 5.74) is 2.39. The summed E-state index contributed by atoms with van der Waals surface area (Å²) in [5.74, 6) is 0. The predicted octanol–water partition coefficient (Wildman–Crippen LogP) is 5.96. The van der Waals surface area contributed by atoms with E-state index in [-0.39, 0.29) is 0 Å². The van der Waals surface area contributed by atoms with Gasteiger partial charge in [-0.05, 0) is 35.0 Å². The fourth-order valence-corrected chi connectivity index (χ4v) is 11.1. The molecule has 2 N–H and O–H groups in total. The molecule has 3 nitrogen and oxygen atoms in total. The van der Waals surface area contributed by atoms with Gasteiger partial charge in [-0.15, -0.1) is 0 Å². The molecule has 6 aromatic carbocycles. The van der Waals surface area contributed by atoms with Gasteiger partial charge in [0.1, 0.15) is 0 Å². The van der Waals surface area contributed by atoms with Crippen molar-refractivity contribution in [1.29, 1.82) is 0 Å². The van der Waals surface area contributed by atoms with Crippen LogP contribution in [0.15, 0.2) is 170 Å². The standard InChI is InChI=1S/C40H38N2OP2/c43-45(37-23-9-3-10-24-37,38-25-11-4-12-26-38)40-28-16-14-18-34(40)32-42-30-29-41-31-33-17-13-15-27-39(33)44(35-19-5-1-6-20-35)36-21-7-2-8-22-36/h1-28,41-42H,29-32H2. The van der Waals surface area contributed by atoms with Crippen LogP contribution in [0.4, 0.5) is 0 Å². The molecule has 0 amide bonds. The second-order valence-electron chi connectivity index (χ2n) is 10.9. The van der Waals surface area contributed by atoms with Gasteiger partial charge in [0, 0.05) is 42.1 Å². The van der Waals surface area contributed by atoms with Crippen LogP contribution in [-0.2, 0) is 17.7 Å². The average molecular weight is 625 g/mol. The Labute approximate surface area is 268 Å². The van der Waals surface area contributed by atoms with Gasteiger partial charge in [-0.25, -0.2) is 0 Å². The van der Waals surface area contributed by atoms with Crippen molar-refractivity contribution in [1.82, 2.24) is 10.6 Å². The Morgan fingerprint density at radius 2 is 0.844 bits per heavy atom. The summed E-state index contributed by atoms with van der Waals surface area (Å²) in [6, 6.07) is 58.5. The molecule has 0 spiro atoms. The molecule has 0 unspecified atom stereocenters. The first-order valence-electron chi connectivity index (χ1n) is 15.4. The summed E-state index contributed by atoms with van der Waals surface area (Å²) in [6.07, 6.45) is 0. The van der Waals surface area contributed by atoms with Gasteiger partial charge in [0.15, 0.2) is 7.14 Å². The van der Waals surface area contributed by atoms with Crippen molar-refractivity contribution >= 4 is 46.9 Å². The first-order valence-corrected chi connectivity index (χ1v) is 18.5. The van der Waals surface area contributed by atoms with Crippen LogP contribution >= 0.6 is 15.1 Å². The second-order valence-corrected chi connectivity index (χ2v) is 15.8.